The summed E-state index contributed by atoms with van der Waals surface area (Å²) in [4.78, 5) is 25.4. The Kier molecular flexibility index (Phi) is 3.25. The molecule has 0 saturated heterocycles. The van der Waals surface area contributed by atoms with Crippen LogP contribution in [0.3, 0.4) is 0 Å². The van der Waals surface area contributed by atoms with E-state index in [1.807, 2.05) is 24.3 Å². The second kappa shape index (κ2) is 5.09. The Balaban J connectivity index is 1.96. The molecule has 1 aliphatic rings. The number of carboxylic acid groups (broad SMARTS) is 1. The van der Waals surface area contributed by atoms with Gasteiger partial charge in [0.25, 0.3) is 5.91 Å². The molecule has 0 spiro atoms. The SMILES string of the molecule is Cc1cc(C(=O)N2Cc3ccccc3C[C@H]2C(=O)O)co1. The fraction of sp³-hybridized carbons (Fsp3) is 0.250. The lowest BCUT2D eigenvalue weighted by Gasteiger charge is -2.34. The summed E-state index contributed by atoms with van der Waals surface area (Å²) in [5.41, 5.74) is 2.36. The smallest absolute Gasteiger partial charge is 0.326 e. The Morgan fingerprint density at radius 2 is 2.00 bits per heavy atom. The number of carbonyl (C=O) groups excluding carboxylic acids is 1. The van der Waals surface area contributed by atoms with E-state index in [1.54, 1.807) is 13.0 Å². The molecule has 3 rings (SSSR count). The van der Waals surface area contributed by atoms with E-state index in [1.165, 1.54) is 11.2 Å². The largest absolute Gasteiger partial charge is 0.480 e. The van der Waals surface area contributed by atoms with E-state index in [0.717, 1.165) is 11.1 Å². The zero-order valence-corrected chi connectivity index (χ0v) is 11.6. The lowest BCUT2D eigenvalue weighted by Crippen LogP contribution is -2.48. The van der Waals surface area contributed by atoms with Crippen LogP contribution >= 0.6 is 0 Å². The molecule has 0 aliphatic carbocycles. The van der Waals surface area contributed by atoms with Crippen molar-refractivity contribution in [2.75, 3.05) is 0 Å². The second-order valence-electron chi connectivity index (χ2n) is 5.21. The van der Waals surface area contributed by atoms with Crippen LogP contribution in [-0.2, 0) is 17.8 Å². The first-order chi connectivity index (χ1) is 10.1. The molecule has 21 heavy (non-hydrogen) atoms. The normalized spacial score (nSPS) is 17.4. The molecule has 0 bridgehead atoms. The van der Waals surface area contributed by atoms with Gasteiger partial charge in [0.15, 0.2) is 0 Å². The number of fused-ring (bicyclic) bond motifs is 1. The molecule has 5 heteroatoms. The number of nitrogens with zero attached hydrogens (tertiary/aromatic N) is 1. The highest BCUT2D eigenvalue weighted by Gasteiger charge is 2.35. The van der Waals surface area contributed by atoms with Gasteiger partial charge in [-0.3, -0.25) is 4.79 Å². The van der Waals surface area contributed by atoms with E-state index < -0.39 is 12.0 Å². The maximum atomic E-state index is 12.5. The fourth-order valence-corrected chi connectivity index (χ4v) is 2.68. The molecule has 1 aliphatic heterocycles. The molecular formula is C16H15NO4. The molecule has 5 nitrogen and oxygen atoms in total. The lowest BCUT2D eigenvalue weighted by molar-refractivity contribution is -0.142. The number of carbonyl (C=O) groups is 2. The van der Waals surface area contributed by atoms with E-state index in [9.17, 15) is 14.7 Å². The van der Waals surface area contributed by atoms with Crippen molar-refractivity contribution in [1.82, 2.24) is 4.90 Å². The highest BCUT2D eigenvalue weighted by Crippen LogP contribution is 2.25. The molecular weight excluding hydrogens is 270 g/mol. The molecule has 0 unspecified atom stereocenters. The molecule has 1 N–H and O–H groups in total. The van der Waals surface area contributed by atoms with Crippen LogP contribution in [0.25, 0.3) is 0 Å². The maximum Gasteiger partial charge on any atom is 0.326 e. The Labute approximate surface area is 121 Å². The minimum absolute atomic E-state index is 0.302. The third kappa shape index (κ3) is 2.42. The summed E-state index contributed by atoms with van der Waals surface area (Å²) < 4.78 is 5.15. The van der Waals surface area contributed by atoms with E-state index in [2.05, 4.69) is 0 Å². The summed E-state index contributed by atoms with van der Waals surface area (Å²) in [5.74, 6) is -0.672. The predicted octanol–water partition coefficient (Wildman–Crippen LogP) is 2.24. The average molecular weight is 285 g/mol. The van der Waals surface area contributed by atoms with Crippen LogP contribution in [0.2, 0.25) is 0 Å². The number of aryl methyl sites for hydroxylation is 1. The highest BCUT2D eigenvalue weighted by molar-refractivity contribution is 5.96. The minimum Gasteiger partial charge on any atom is -0.480 e. The van der Waals surface area contributed by atoms with Crippen molar-refractivity contribution in [2.24, 2.45) is 0 Å². The van der Waals surface area contributed by atoms with Gasteiger partial charge in [-0.15, -0.1) is 0 Å². The molecule has 1 amide bonds. The van der Waals surface area contributed by atoms with Crippen molar-refractivity contribution >= 4 is 11.9 Å². The number of hydrogen-bond acceptors (Lipinski definition) is 3. The van der Waals surface area contributed by atoms with Gasteiger partial charge in [0, 0.05) is 13.0 Å². The van der Waals surface area contributed by atoms with Gasteiger partial charge in [0.05, 0.1) is 5.56 Å². The van der Waals surface area contributed by atoms with Crippen molar-refractivity contribution in [3.63, 3.8) is 0 Å². The van der Waals surface area contributed by atoms with E-state index in [-0.39, 0.29) is 5.91 Å². The van der Waals surface area contributed by atoms with Crippen molar-refractivity contribution < 1.29 is 19.1 Å². The van der Waals surface area contributed by atoms with Gasteiger partial charge in [-0.2, -0.15) is 0 Å². The minimum atomic E-state index is -0.988. The zero-order valence-electron chi connectivity index (χ0n) is 11.6. The quantitative estimate of drug-likeness (QED) is 0.918. The zero-order chi connectivity index (χ0) is 15.0. The first-order valence-electron chi connectivity index (χ1n) is 6.72. The number of carboxylic acids is 1. The van der Waals surface area contributed by atoms with Crippen LogP contribution in [0.5, 0.6) is 0 Å². The molecule has 1 aromatic heterocycles. The molecule has 1 aromatic carbocycles. The van der Waals surface area contributed by atoms with Gasteiger partial charge in [-0.05, 0) is 24.1 Å². The van der Waals surface area contributed by atoms with Crippen LogP contribution in [0, 0.1) is 6.92 Å². The van der Waals surface area contributed by atoms with Crippen molar-refractivity contribution in [2.45, 2.75) is 25.9 Å². The van der Waals surface area contributed by atoms with Crippen molar-refractivity contribution in [3.05, 3.63) is 59.0 Å². The van der Waals surface area contributed by atoms with Gasteiger partial charge < -0.3 is 14.4 Å². The Bertz CT molecular complexity index is 704. The predicted molar refractivity (Wildman–Crippen MR) is 74.9 cm³/mol. The molecule has 108 valence electrons. The van der Waals surface area contributed by atoms with Gasteiger partial charge >= 0.3 is 5.97 Å². The van der Waals surface area contributed by atoms with Crippen molar-refractivity contribution in [3.8, 4) is 0 Å². The number of amides is 1. The third-order valence-corrected chi connectivity index (χ3v) is 3.77. The average Bonchev–Trinajstić information content (AvgIpc) is 2.91. The van der Waals surface area contributed by atoms with Crippen LogP contribution in [-0.4, -0.2) is 27.9 Å². The standard InChI is InChI=1S/C16H15NO4/c1-10-6-13(9-21-10)15(18)17-8-12-5-3-2-4-11(12)7-14(17)16(19)20/h2-6,9,14H,7-8H2,1H3,(H,19,20)/t14-/m0/s1. The summed E-state index contributed by atoms with van der Waals surface area (Å²) in [7, 11) is 0. The summed E-state index contributed by atoms with van der Waals surface area (Å²) in [6.07, 6.45) is 1.70. The first kappa shape index (κ1) is 13.4. The molecule has 2 heterocycles. The number of rotatable bonds is 2. The highest BCUT2D eigenvalue weighted by atomic mass is 16.4. The molecule has 2 aromatic rings. The topological polar surface area (TPSA) is 70.8 Å². The molecule has 1 atom stereocenters. The van der Waals surface area contributed by atoms with Crippen LogP contribution < -0.4 is 0 Å². The number of furan rings is 1. The molecule has 0 radical (unpaired) electrons. The number of aliphatic carboxylic acids is 1. The Morgan fingerprint density at radius 3 is 2.62 bits per heavy atom. The van der Waals surface area contributed by atoms with Crippen molar-refractivity contribution in [1.29, 1.82) is 0 Å². The summed E-state index contributed by atoms with van der Waals surface area (Å²) in [6.45, 7) is 2.05. The van der Waals surface area contributed by atoms with Crippen LogP contribution in [0.1, 0.15) is 27.2 Å². The monoisotopic (exact) mass is 285 g/mol. The first-order valence-corrected chi connectivity index (χ1v) is 6.72. The van der Waals surface area contributed by atoms with Gasteiger partial charge in [-0.25, -0.2) is 4.79 Å². The maximum absolute atomic E-state index is 12.5. The molecule has 0 saturated carbocycles. The number of benzene rings is 1. The second-order valence-corrected chi connectivity index (χ2v) is 5.21. The number of hydrogen-bond donors (Lipinski definition) is 1. The van der Waals surface area contributed by atoms with Gasteiger partial charge in [0.2, 0.25) is 0 Å². The van der Waals surface area contributed by atoms with E-state index >= 15 is 0 Å². The lowest BCUT2D eigenvalue weighted by atomic mass is 9.93. The fourth-order valence-electron chi connectivity index (χ4n) is 2.68. The summed E-state index contributed by atoms with van der Waals surface area (Å²) in [5, 5.41) is 9.42. The van der Waals surface area contributed by atoms with E-state index in [4.69, 9.17) is 4.42 Å². The summed E-state index contributed by atoms with van der Waals surface area (Å²) in [6, 6.07) is 8.40. The van der Waals surface area contributed by atoms with Crippen LogP contribution in [0.15, 0.2) is 41.0 Å². The Hall–Kier alpha value is -2.56. The Morgan fingerprint density at radius 1 is 1.29 bits per heavy atom. The summed E-state index contributed by atoms with van der Waals surface area (Å²) >= 11 is 0. The van der Waals surface area contributed by atoms with Crippen LogP contribution in [0.4, 0.5) is 0 Å². The van der Waals surface area contributed by atoms with Gasteiger partial charge in [0.1, 0.15) is 18.1 Å². The van der Waals surface area contributed by atoms with Gasteiger partial charge in [-0.1, -0.05) is 24.3 Å². The molecule has 0 fully saturated rings. The third-order valence-electron chi connectivity index (χ3n) is 3.77. The van der Waals surface area contributed by atoms with E-state index in [0.29, 0.717) is 24.3 Å².